The zero-order valence-corrected chi connectivity index (χ0v) is 11.3. The molecule has 0 saturated heterocycles. The average molecular weight is 240 g/mol. The molecule has 0 radical (unpaired) electrons. The molecule has 0 saturated carbocycles. The first-order valence-corrected chi connectivity index (χ1v) is 6.30. The molecular formula is C16H18NO+. The Morgan fingerprint density at radius 1 is 1.11 bits per heavy atom. The van der Waals surface area contributed by atoms with E-state index in [1.54, 1.807) is 0 Å². The fourth-order valence-corrected chi connectivity index (χ4v) is 2.50. The molecule has 0 spiro atoms. The Kier molecular flexibility index (Phi) is 2.24. The fraction of sp³-hybridized carbons (Fsp3) is 0.312. The SMILES string of the molecule is Cc1cc(C)c2cc3c(cc2[nH+]1)C=CC(C)(C)O3. The smallest absolute Gasteiger partial charge is 0.212 e. The first-order chi connectivity index (χ1) is 8.44. The molecule has 2 aromatic rings. The van der Waals surface area contributed by atoms with E-state index in [0.717, 1.165) is 11.3 Å². The van der Waals surface area contributed by atoms with Crippen molar-refractivity contribution >= 4 is 17.0 Å². The van der Waals surface area contributed by atoms with Crippen molar-refractivity contribution in [3.8, 4) is 5.75 Å². The van der Waals surface area contributed by atoms with E-state index < -0.39 is 0 Å². The summed E-state index contributed by atoms with van der Waals surface area (Å²) < 4.78 is 6.01. The molecule has 0 fully saturated rings. The minimum atomic E-state index is -0.219. The Balaban J connectivity index is 2.28. The molecule has 18 heavy (non-hydrogen) atoms. The van der Waals surface area contributed by atoms with Gasteiger partial charge in [-0.2, -0.15) is 0 Å². The lowest BCUT2D eigenvalue weighted by Crippen LogP contribution is -2.27. The summed E-state index contributed by atoms with van der Waals surface area (Å²) in [5.74, 6) is 0.968. The molecule has 3 rings (SSSR count). The van der Waals surface area contributed by atoms with Crippen LogP contribution in [0.25, 0.3) is 17.0 Å². The van der Waals surface area contributed by atoms with Crippen molar-refractivity contribution in [3.05, 3.63) is 41.1 Å². The number of aromatic nitrogens is 1. The van der Waals surface area contributed by atoms with Crippen LogP contribution in [0.3, 0.4) is 0 Å². The largest absolute Gasteiger partial charge is 0.483 e. The van der Waals surface area contributed by atoms with E-state index in [0.29, 0.717) is 0 Å². The number of nitrogens with one attached hydrogen (secondary N) is 1. The Labute approximate surface area is 107 Å². The Bertz CT molecular complexity index is 668. The highest BCUT2D eigenvalue weighted by molar-refractivity contribution is 5.85. The molecule has 1 aliphatic rings. The zero-order valence-electron chi connectivity index (χ0n) is 11.3. The number of ether oxygens (including phenoxy) is 1. The van der Waals surface area contributed by atoms with Crippen molar-refractivity contribution in [2.45, 2.75) is 33.3 Å². The van der Waals surface area contributed by atoms with Crippen molar-refractivity contribution in [2.75, 3.05) is 0 Å². The summed E-state index contributed by atoms with van der Waals surface area (Å²) >= 11 is 0. The second-order valence-corrected chi connectivity index (χ2v) is 5.61. The molecule has 2 nitrogen and oxygen atoms in total. The van der Waals surface area contributed by atoms with Gasteiger partial charge >= 0.3 is 0 Å². The highest BCUT2D eigenvalue weighted by atomic mass is 16.5. The third-order valence-electron chi connectivity index (χ3n) is 3.38. The van der Waals surface area contributed by atoms with Crippen LogP contribution >= 0.6 is 0 Å². The lowest BCUT2D eigenvalue weighted by Gasteiger charge is -2.27. The quantitative estimate of drug-likeness (QED) is 0.691. The standard InChI is InChI=1S/C16H17NO/c1-10-7-11(2)17-14-8-12-5-6-16(3,4)18-15(12)9-13(10)14/h5-9H,1-4H3/p+1. The maximum atomic E-state index is 6.01. The normalized spacial score (nSPS) is 16.4. The number of benzene rings is 1. The van der Waals surface area contributed by atoms with E-state index in [4.69, 9.17) is 4.74 Å². The van der Waals surface area contributed by atoms with Gasteiger partial charge < -0.3 is 4.74 Å². The van der Waals surface area contributed by atoms with Gasteiger partial charge in [0.05, 0.1) is 5.39 Å². The Morgan fingerprint density at radius 2 is 1.89 bits per heavy atom. The molecule has 1 aliphatic heterocycles. The maximum absolute atomic E-state index is 6.01. The van der Waals surface area contributed by atoms with Crippen LogP contribution in [0, 0.1) is 13.8 Å². The van der Waals surface area contributed by atoms with Crippen LogP contribution in [0.1, 0.15) is 30.7 Å². The van der Waals surface area contributed by atoms with Crippen molar-refractivity contribution in [3.63, 3.8) is 0 Å². The van der Waals surface area contributed by atoms with E-state index in [1.807, 2.05) is 0 Å². The maximum Gasteiger partial charge on any atom is 0.212 e. The Morgan fingerprint density at radius 3 is 2.67 bits per heavy atom. The molecule has 0 atom stereocenters. The number of pyridine rings is 1. The number of aromatic amines is 1. The van der Waals surface area contributed by atoms with E-state index in [9.17, 15) is 0 Å². The zero-order chi connectivity index (χ0) is 12.9. The predicted octanol–water partition coefficient (Wildman–Crippen LogP) is 3.45. The third kappa shape index (κ3) is 1.78. The number of hydrogen-bond donors (Lipinski definition) is 0. The van der Waals surface area contributed by atoms with Gasteiger partial charge in [-0.15, -0.1) is 0 Å². The van der Waals surface area contributed by atoms with Crippen LogP contribution in [0.2, 0.25) is 0 Å². The van der Waals surface area contributed by atoms with Crippen molar-refractivity contribution in [1.82, 2.24) is 0 Å². The van der Waals surface area contributed by atoms with Crippen LogP contribution in [-0.2, 0) is 0 Å². The van der Waals surface area contributed by atoms with Gasteiger partial charge in [0.25, 0.3) is 0 Å². The van der Waals surface area contributed by atoms with Gasteiger partial charge in [-0.1, -0.05) is 6.08 Å². The lowest BCUT2D eigenvalue weighted by molar-refractivity contribution is -0.354. The van der Waals surface area contributed by atoms with E-state index in [1.165, 1.54) is 22.2 Å². The number of H-pyrrole nitrogens is 1. The molecule has 1 aromatic carbocycles. The summed E-state index contributed by atoms with van der Waals surface area (Å²) in [6.07, 6.45) is 4.24. The summed E-state index contributed by atoms with van der Waals surface area (Å²) in [4.78, 5) is 3.41. The van der Waals surface area contributed by atoms with Crippen molar-refractivity contribution < 1.29 is 9.72 Å². The van der Waals surface area contributed by atoms with Crippen molar-refractivity contribution in [1.29, 1.82) is 0 Å². The highest BCUT2D eigenvalue weighted by Crippen LogP contribution is 2.34. The molecular weight excluding hydrogens is 222 g/mol. The minimum absolute atomic E-state index is 0.219. The summed E-state index contributed by atoms with van der Waals surface area (Å²) in [7, 11) is 0. The number of aryl methyl sites for hydroxylation is 2. The van der Waals surface area contributed by atoms with E-state index in [2.05, 4.69) is 63.0 Å². The number of rotatable bonds is 0. The third-order valence-corrected chi connectivity index (χ3v) is 3.38. The first-order valence-electron chi connectivity index (χ1n) is 6.30. The van der Waals surface area contributed by atoms with Crippen LogP contribution in [0.5, 0.6) is 5.75 Å². The second kappa shape index (κ2) is 3.58. The fourth-order valence-electron chi connectivity index (χ4n) is 2.50. The molecule has 2 heterocycles. The van der Waals surface area contributed by atoms with Gasteiger partial charge in [-0.3, -0.25) is 0 Å². The average Bonchev–Trinajstić information content (AvgIpc) is 2.26. The Hall–Kier alpha value is -1.83. The van der Waals surface area contributed by atoms with Gasteiger partial charge in [-0.05, 0) is 38.5 Å². The van der Waals surface area contributed by atoms with Gasteiger partial charge in [0, 0.05) is 24.6 Å². The van der Waals surface area contributed by atoms with E-state index >= 15 is 0 Å². The topological polar surface area (TPSA) is 23.4 Å². The summed E-state index contributed by atoms with van der Waals surface area (Å²) in [5.41, 5.74) is 4.55. The molecule has 0 unspecified atom stereocenters. The van der Waals surface area contributed by atoms with Crippen molar-refractivity contribution in [2.24, 2.45) is 0 Å². The molecule has 1 N–H and O–H groups in total. The first kappa shape index (κ1) is 11.3. The van der Waals surface area contributed by atoms with Crippen LogP contribution in [-0.4, -0.2) is 5.60 Å². The van der Waals surface area contributed by atoms with Gasteiger partial charge in [0.2, 0.25) is 5.52 Å². The second-order valence-electron chi connectivity index (χ2n) is 5.61. The highest BCUT2D eigenvalue weighted by Gasteiger charge is 2.23. The van der Waals surface area contributed by atoms with Gasteiger partial charge in [0.15, 0.2) is 5.69 Å². The van der Waals surface area contributed by atoms with Crippen LogP contribution < -0.4 is 9.72 Å². The summed E-state index contributed by atoms with van der Waals surface area (Å²) in [6.45, 7) is 8.37. The molecule has 92 valence electrons. The predicted molar refractivity (Wildman–Crippen MR) is 73.7 cm³/mol. The van der Waals surface area contributed by atoms with Crippen LogP contribution in [0.4, 0.5) is 0 Å². The van der Waals surface area contributed by atoms with Gasteiger partial charge in [-0.25, -0.2) is 4.98 Å². The summed E-state index contributed by atoms with van der Waals surface area (Å²) in [6, 6.07) is 6.47. The molecule has 2 heteroatoms. The number of hydrogen-bond acceptors (Lipinski definition) is 1. The molecule has 0 amide bonds. The summed E-state index contributed by atoms with van der Waals surface area (Å²) in [5, 5.41) is 1.23. The monoisotopic (exact) mass is 240 g/mol. The number of fused-ring (bicyclic) bond motifs is 2. The van der Waals surface area contributed by atoms with Gasteiger partial charge in [0.1, 0.15) is 11.4 Å². The lowest BCUT2D eigenvalue weighted by atomic mass is 9.99. The minimum Gasteiger partial charge on any atom is -0.483 e. The van der Waals surface area contributed by atoms with Crippen LogP contribution in [0.15, 0.2) is 24.3 Å². The molecule has 0 aliphatic carbocycles. The molecule has 1 aromatic heterocycles. The molecule has 0 bridgehead atoms. The van der Waals surface area contributed by atoms with E-state index in [-0.39, 0.29) is 5.60 Å².